The summed E-state index contributed by atoms with van der Waals surface area (Å²) < 4.78 is 200. The Labute approximate surface area is 605 Å². The van der Waals surface area contributed by atoms with E-state index in [2.05, 4.69) is 76.9 Å². The summed E-state index contributed by atoms with van der Waals surface area (Å²) in [4.78, 5) is 84.8. The van der Waals surface area contributed by atoms with Crippen LogP contribution in [0.1, 0.15) is 89.4 Å². The number of hydrogen-bond donors (Lipinski definition) is 11. The van der Waals surface area contributed by atoms with E-state index in [1.165, 1.54) is 29.9 Å². The molecule has 0 bridgehead atoms. The van der Waals surface area contributed by atoms with Crippen LogP contribution < -0.4 is 37.2 Å². The molecule has 11 atom stereocenters. The average Bonchev–Trinajstić information content (AvgIpc) is 1.63. The minimum Gasteiger partial charge on any atom is -0.388 e. The molecule has 5 aromatic rings. The number of nitrogens with zero attached hydrogens (tertiary/aromatic N) is 10. The lowest BCUT2D eigenvalue weighted by Gasteiger charge is -2.38. The lowest BCUT2D eigenvalue weighted by atomic mass is 9.81. The second-order valence-electron chi connectivity index (χ2n) is 25.5. The van der Waals surface area contributed by atoms with Gasteiger partial charge in [-0.3, -0.25) is 29.1 Å². The zero-order valence-corrected chi connectivity index (χ0v) is 57.4. The predicted octanol–water partition coefficient (Wildman–Crippen LogP) is 1.13. The number of aliphatic hydroxyl groups is 4. The van der Waals surface area contributed by atoms with E-state index in [9.17, 15) is 92.7 Å². The van der Waals surface area contributed by atoms with Crippen molar-refractivity contribution in [3.63, 3.8) is 0 Å². The van der Waals surface area contributed by atoms with Gasteiger partial charge in [-0.05, 0) is 36.9 Å². The van der Waals surface area contributed by atoms with Gasteiger partial charge in [0.1, 0.15) is 66.6 Å². The number of anilines is 2. The number of nitrogens with one attached hydrogen (secondary N) is 7. The van der Waals surface area contributed by atoms with Crippen LogP contribution >= 0.6 is 0 Å². The molecule has 9 rings (SSSR count). The molecular weight excluding hydrogens is 1480 g/mol. The minimum absolute atomic E-state index is 0.00135. The molecule has 0 unspecified atom stereocenters. The van der Waals surface area contributed by atoms with Gasteiger partial charge >= 0.3 is 24.6 Å². The second kappa shape index (κ2) is 38.2. The monoisotopic (exact) mass is 1560 g/mol. The molecule has 46 heteroatoms. The third-order valence-electron chi connectivity index (χ3n) is 17.5. The highest BCUT2D eigenvalue weighted by Crippen LogP contribution is 2.42. The van der Waals surface area contributed by atoms with Gasteiger partial charge in [0.25, 0.3) is 5.91 Å². The quantitative estimate of drug-likeness (QED) is 0.0195. The van der Waals surface area contributed by atoms with Crippen LogP contribution in [-0.4, -0.2) is 285 Å². The van der Waals surface area contributed by atoms with Gasteiger partial charge in [-0.25, -0.2) is 37.7 Å². The summed E-state index contributed by atoms with van der Waals surface area (Å²) >= 11 is 0. The Hall–Kier alpha value is -8.58. The first-order valence-corrected chi connectivity index (χ1v) is 33.8. The first kappa shape index (κ1) is 83.5. The summed E-state index contributed by atoms with van der Waals surface area (Å²) in [5, 5.41) is 72.0. The lowest BCUT2D eigenvalue weighted by Crippen LogP contribution is -2.57. The van der Waals surface area contributed by atoms with E-state index >= 15 is 0 Å². The van der Waals surface area contributed by atoms with Crippen LogP contribution in [0.25, 0.3) is 5.65 Å². The zero-order chi connectivity index (χ0) is 77.9. The highest BCUT2D eigenvalue weighted by molar-refractivity contribution is 5.93. The highest BCUT2D eigenvalue weighted by Gasteiger charge is 2.49. The number of carbonyl (C=O) groups excluding carboxylic acids is 5. The van der Waals surface area contributed by atoms with Crippen LogP contribution in [0.4, 0.5) is 64.7 Å². The molecule has 0 aromatic carbocycles. The fraction of sp³-hybridized carbons (Fsp3) is 0.661. The van der Waals surface area contributed by atoms with Crippen LogP contribution in [0.2, 0.25) is 0 Å². The fourth-order valence-electron chi connectivity index (χ4n) is 11.7. The zero-order valence-electron chi connectivity index (χ0n) is 57.4. The Morgan fingerprint density at radius 2 is 1.21 bits per heavy atom. The summed E-state index contributed by atoms with van der Waals surface area (Å²) in [6.45, 7) is -3.14. The van der Waals surface area contributed by atoms with Crippen molar-refractivity contribution in [2.75, 3.05) is 123 Å². The van der Waals surface area contributed by atoms with Gasteiger partial charge in [-0.1, -0.05) is 5.16 Å². The number of aliphatic hydroxyl groups excluding tert-OH is 4. The van der Waals surface area contributed by atoms with Crippen molar-refractivity contribution < 1.29 is 135 Å². The number of urea groups is 1. The molecular formula is C62H80F11N17O18. The normalized spacial score (nSPS) is 22.7. The van der Waals surface area contributed by atoms with Crippen molar-refractivity contribution >= 4 is 46.9 Å². The van der Waals surface area contributed by atoms with Gasteiger partial charge < -0.3 is 100 Å². The number of fused-ring (bicyclic) bond motifs is 1. The van der Waals surface area contributed by atoms with E-state index in [0.29, 0.717) is 12.4 Å². The molecule has 0 spiro atoms. The van der Waals surface area contributed by atoms with E-state index in [1.54, 1.807) is 0 Å². The van der Waals surface area contributed by atoms with Crippen LogP contribution in [0.15, 0.2) is 47.9 Å². The molecule has 108 heavy (non-hydrogen) atoms. The molecule has 6 amide bonds. The van der Waals surface area contributed by atoms with Crippen LogP contribution in [0, 0.1) is 12.8 Å². The number of amides is 6. The molecule has 1 aliphatic carbocycles. The number of hydrogen-bond acceptors (Lipinski definition) is 28. The van der Waals surface area contributed by atoms with Gasteiger partial charge in [0.2, 0.25) is 23.6 Å². The van der Waals surface area contributed by atoms with Gasteiger partial charge in [-0.15, -0.1) is 0 Å². The third-order valence-corrected chi connectivity index (χ3v) is 17.5. The maximum absolute atomic E-state index is 14.4. The molecule has 5 aromatic heterocycles. The minimum atomic E-state index is -4.84. The number of alkyl halides is 11. The maximum atomic E-state index is 14.4. The summed E-state index contributed by atoms with van der Waals surface area (Å²) in [5.74, 6) is -6.53. The Balaban J connectivity index is 0.731. The molecule has 1 saturated carbocycles. The molecule has 4 aliphatic rings. The van der Waals surface area contributed by atoms with E-state index in [-0.39, 0.29) is 158 Å². The highest BCUT2D eigenvalue weighted by atomic mass is 19.4. The molecule has 11 N–H and O–H groups in total. The summed E-state index contributed by atoms with van der Waals surface area (Å²) in [6, 6.07) is -7.17. The first-order chi connectivity index (χ1) is 51.3. The van der Waals surface area contributed by atoms with Crippen molar-refractivity contribution in [3.8, 4) is 0 Å². The molecule has 35 nitrogen and oxygen atoms in total. The van der Waals surface area contributed by atoms with Crippen molar-refractivity contribution in [2.45, 2.75) is 143 Å². The first-order valence-electron chi connectivity index (χ1n) is 33.8. The predicted molar refractivity (Wildman–Crippen MR) is 341 cm³/mol. The number of ether oxygens (including phenoxy) is 8. The smallest absolute Gasteiger partial charge is 0.388 e. The molecule has 598 valence electrons. The van der Waals surface area contributed by atoms with E-state index in [0.717, 1.165) is 17.3 Å². The molecule has 8 heterocycles. The Morgan fingerprint density at radius 3 is 1.73 bits per heavy atom. The van der Waals surface area contributed by atoms with Crippen LogP contribution in [-0.2, 0) is 64.6 Å². The Kier molecular flexibility index (Phi) is 29.5. The number of rotatable bonds is 38. The van der Waals surface area contributed by atoms with E-state index in [1.807, 2.05) is 5.32 Å². The number of aryl methyl sites for hydroxylation is 1. The molecule has 4 fully saturated rings. The van der Waals surface area contributed by atoms with Crippen molar-refractivity contribution in [2.24, 2.45) is 5.92 Å². The van der Waals surface area contributed by atoms with Crippen molar-refractivity contribution in [1.82, 2.24) is 76.3 Å². The Morgan fingerprint density at radius 1 is 0.667 bits per heavy atom. The number of carbonyl (C=O) groups is 5. The van der Waals surface area contributed by atoms with Gasteiger partial charge in [0.15, 0.2) is 22.7 Å². The molecule has 3 aliphatic heterocycles. The summed E-state index contributed by atoms with van der Waals surface area (Å²) in [6.07, 6.45) is -18.2. The van der Waals surface area contributed by atoms with E-state index < -0.39 is 177 Å². The van der Waals surface area contributed by atoms with Crippen molar-refractivity contribution in [3.05, 3.63) is 77.3 Å². The topological polar surface area (TPSA) is 448 Å². The van der Waals surface area contributed by atoms with Crippen LogP contribution in [0.5, 0.6) is 0 Å². The number of halogens is 11. The van der Waals surface area contributed by atoms with E-state index in [4.69, 9.17) is 37.9 Å². The van der Waals surface area contributed by atoms with Gasteiger partial charge in [-0.2, -0.15) is 44.6 Å². The molecule has 3 saturated heterocycles. The average molecular weight is 1560 g/mol. The summed E-state index contributed by atoms with van der Waals surface area (Å²) in [7, 11) is 0. The largest absolute Gasteiger partial charge is 0.434 e. The van der Waals surface area contributed by atoms with Gasteiger partial charge in [0.05, 0.1) is 166 Å². The number of aromatic nitrogens is 9. The maximum Gasteiger partial charge on any atom is 0.434 e. The number of imidazole rings is 1. The van der Waals surface area contributed by atoms with Gasteiger partial charge in [0, 0.05) is 44.3 Å². The summed E-state index contributed by atoms with van der Waals surface area (Å²) in [5.41, 5.74) is -2.09. The fourth-order valence-corrected chi connectivity index (χ4v) is 11.7. The lowest BCUT2D eigenvalue weighted by molar-refractivity contribution is -0.159. The second-order valence-corrected chi connectivity index (χ2v) is 25.5. The van der Waals surface area contributed by atoms with Crippen molar-refractivity contribution in [1.29, 1.82) is 0 Å². The Bertz CT molecular complexity index is 3630. The SMILES string of the molecule is Cc1nonc1C(=O)N[C@H](c1cn2ncc([C@@H](COCCOCC(=O)NC(COCCC(=O)NCCOC[C@H]3OC[C@H](Nc4cncc(C(F)(F)F)n4)[C@@H](O)[C@H]3O)COCCC(=O)NCCOC[C@H]3OC[C@H](Nc4cncc(C(F)(F)F)n4)[C@@H](O)[C@H]3O)N3C[C@@H](C(F)(F)F)NC3=O)cc2n1)C1CCC(F)(F)CC1. The van der Waals surface area contributed by atoms with Crippen LogP contribution in [0.3, 0.4) is 0 Å². The standard InChI is InChI=1S/C62H80F11N17O18/c1-32-51(88-108-87-32)57(98)86-52(33-2-6-59(63,64)7-3-33)36-22-90-47(82-36)16-34(17-78-90)39(89-23-44(62(71,72)73)85-58(89)99)28-104-14-15-105-31-50(93)79-35(24-100-10-4-48(91)76-8-12-102-29-40-55(96)53(94)37(26-106-40)80-45-20-74-18-42(83-45)60(65,66)67)25-101-11-5-49(92)77-9-13-103-30-41-56(97)54(95)38(27-107-41)81-46-21-75-19-43(84-46)61(68,69)70/h16-22,33,35,37-41,44,52-56,94-97H,2-15,23-31H2,1H3,(H,76,91)(H,77,92)(H,79,93)(H,80,83)(H,81,84)(H,85,99)(H,86,98)/t37-,38-,39+,40+,41+,44-,52-,53+,54+,55-,56-/m0/s1. The molecule has 0 radical (unpaired) electrons. The third kappa shape index (κ3) is 24.2.